The maximum atomic E-state index is 14.7. The lowest BCUT2D eigenvalue weighted by Crippen LogP contribution is -2.42. The first kappa shape index (κ1) is 28.5. The highest BCUT2D eigenvalue weighted by Gasteiger charge is 2.34. The first-order valence-corrected chi connectivity index (χ1v) is 14.5. The molecule has 0 saturated carbocycles. The molecule has 9 nitrogen and oxygen atoms in total. The first-order valence-electron chi connectivity index (χ1n) is 13.7. The van der Waals surface area contributed by atoms with Crippen LogP contribution in [0.2, 0.25) is 5.02 Å². The fraction of sp³-hybridized carbons (Fsp3) is 0.194. The molecule has 4 N–H and O–H groups in total. The molecule has 1 aliphatic carbocycles. The molecule has 12 heteroatoms. The number of benzene rings is 2. The van der Waals surface area contributed by atoms with Crippen molar-refractivity contribution < 1.29 is 14.0 Å². The third-order valence-corrected chi connectivity index (χ3v) is 8.13. The summed E-state index contributed by atoms with van der Waals surface area (Å²) in [5.41, 5.74) is 10.1. The predicted octanol–water partition coefficient (Wildman–Crippen LogP) is 4.48. The second kappa shape index (κ2) is 12.3. The SMILES string of the molecule is O=C(N[C@@H]1CCN(c2ccccc2)C1=O)c1cnc(NNC(=S)NC2c3cnccc3CCc3c(F)cccc32)c(Cl)c1. The van der Waals surface area contributed by atoms with Crippen molar-refractivity contribution in [3.8, 4) is 0 Å². The van der Waals surface area contributed by atoms with E-state index in [1.54, 1.807) is 23.4 Å². The molecule has 1 saturated heterocycles. The van der Waals surface area contributed by atoms with Crippen molar-refractivity contribution in [1.29, 1.82) is 0 Å². The van der Waals surface area contributed by atoms with Gasteiger partial charge in [-0.2, -0.15) is 0 Å². The van der Waals surface area contributed by atoms with Crippen LogP contribution in [0.5, 0.6) is 0 Å². The van der Waals surface area contributed by atoms with Crippen molar-refractivity contribution >= 4 is 52.3 Å². The van der Waals surface area contributed by atoms with Gasteiger partial charge >= 0.3 is 0 Å². The van der Waals surface area contributed by atoms with Crippen molar-refractivity contribution in [3.63, 3.8) is 0 Å². The Kier molecular flexibility index (Phi) is 8.17. The molecule has 2 aliphatic rings. The number of hydrogen-bond donors (Lipinski definition) is 4. The fourth-order valence-corrected chi connectivity index (χ4v) is 5.85. The van der Waals surface area contributed by atoms with Crippen molar-refractivity contribution in [2.24, 2.45) is 0 Å². The minimum Gasteiger partial charge on any atom is -0.350 e. The molecular formula is C31H27ClFN7O2S. The van der Waals surface area contributed by atoms with Gasteiger partial charge in [0.05, 0.1) is 16.6 Å². The second-order valence-corrected chi connectivity index (χ2v) is 11.0. The van der Waals surface area contributed by atoms with Crippen LogP contribution in [0.3, 0.4) is 0 Å². The number of hydrazine groups is 1. The standard InChI is InChI=1S/C31H27ClFN7O2S/c32-24-15-19(29(41)36-26-12-14-40(30(26)42)20-5-2-1-3-6-20)16-35-28(24)38-39-31(43)37-27-22-7-4-8-25(33)21(22)10-9-18-11-13-34-17-23(18)27/h1-8,11,13,15-17,26-27H,9-10,12,14H2,(H,35,38)(H,36,41)(H2,37,39,43)/t26-,27?/m1/s1. The van der Waals surface area contributed by atoms with Gasteiger partial charge in [0.25, 0.3) is 5.91 Å². The topological polar surface area (TPSA) is 111 Å². The number of fused-ring (bicyclic) bond motifs is 2. The third kappa shape index (κ3) is 5.99. The Hall–Kier alpha value is -4.61. The Morgan fingerprint density at radius 3 is 2.67 bits per heavy atom. The van der Waals surface area contributed by atoms with Crippen LogP contribution in [-0.4, -0.2) is 39.5 Å². The van der Waals surface area contributed by atoms with Gasteiger partial charge < -0.3 is 15.5 Å². The van der Waals surface area contributed by atoms with Crippen molar-refractivity contribution in [3.05, 3.63) is 118 Å². The average molecular weight is 616 g/mol. The Balaban J connectivity index is 1.09. The van der Waals surface area contributed by atoms with Crippen LogP contribution in [0.25, 0.3) is 0 Å². The zero-order chi connectivity index (χ0) is 29.9. The summed E-state index contributed by atoms with van der Waals surface area (Å²) in [6, 6.07) is 16.7. The van der Waals surface area contributed by atoms with Gasteiger partial charge in [0.15, 0.2) is 10.9 Å². The number of nitrogens with zero attached hydrogens (tertiary/aromatic N) is 3. The van der Waals surface area contributed by atoms with Crippen LogP contribution in [0.1, 0.15) is 45.1 Å². The summed E-state index contributed by atoms with van der Waals surface area (Å²) in [6.07, 6.45) is 6.60. The number of rotatable bonds is 6. The third-order valence-electron chi connectivity index (χ3n) is 7.62. The minimum absolute atomic E-state index is 0.167. The van der Waals surface area contributed by atoms with E-state index in [-0.39, 0.29) is 33.2 Å². The summed E-state index contributed by atoms with van der Waals surface area (Å²) in [5, 5.41) is 6.43. The van der Waals surface area contributed by atoms with Gasteiger partial charge in [0.2, 0.25) is 5.91 Å². The van der Waals surface area contributed by atoms with Crippen LogP contribution in [-0.2, 0) is 17.6 Å². The Morgan fingerprint density at radius 1 is 1.02 bits per heavy atom. The number of carbonyl (C=O) groups excluding carboxylic acids is 2. The van der Waals surface area contributed by atoms with E-state index in [4.69, 9.17) is 23.8 Å². The Labute approximate surface area is 257 Å². The highest BCUT2D eigenvalue weighted by molar-refractivity contribution is 7.80. The number of aryl methyl sites for hydroxylation is 1. The molecule has 2 aromatic heterocycles. The molecule has 0 spiro atoms. The number of para-hydroxylation sites is 1. The van der Waals surface area contributed by atoms with Gasteiger partial charge in [-0.25, -0.2) is 9.37 Å². The highest BCUT2D eigenvalue weighted by Crippen LogP contribution is 2.33. The lowest BCUT2D eigenvalue weighted by Gasteiger charge is -2.23. The molecule has 1 aliphatic heterocycles. The molecule has 43 heavy (non-hydrogen) atoms. The van der Waals surface area contributed by atoms with Gasteiger partial charge in [-0.15, -0.1) is 0 Å². The number of nitrogens with one attached hydrogen (secondary N) is 4. The summed E-state index contributed by atoms with van der Waals surface area (Å²) in [6.45, 7) is 0.513. The normalized spacial score (nSPS) is 17.3. The highest BCUT2D eigenvalue weighted by atomic mass is 35.5. The lowest BCUT2D eigenvalue weighted by atomic mass is 9.96. The summed E-state index contributed by atoms with van der Waals surface area (Å²) < 4.78 is 14.7. The molecule has 2 atom stereocenters. The molecule has 1 fully saturated rings. The Morgan fingerprint density at radius 2 is 1.86 bits per heavy atom. The lowest BCUT2D eigenvalue weighted by molar-refractivity contribution is -0.118. The number of amides is 2. The maximum Gasteiger partial charge on any atom is 0.253 e. The smallest absolute Gasteiger partial charge is 0.253 e. The zero-order valence-electron chi connectivity index (χ0n) is 22.8. The van der Waals surface area contributed by atoms with Crippen molar-refractivity contribution in [2.45, 2.75) is 31.3 Å². The van der Waals surface area contributed by atoms with E-state index in [1.807, 2.05) is 42.5 Å². The van der Waals surface area contributed by atoms with Gasteiger partial charge in [-0.1, -0.05) is 41.9 Å². The van der Waals surface area contributed by atoms with E-state index in [2.05, 4.69) is 31.5 Å². The molecular weight excluding hydrogens is 589 g/mol. The molecule has 6 rings (SSSR count). The molecule has 3 heterocycles. The molecule has 0 bridgehead atoms. The van der Waals surface area contributed by atoms with E-state index < -0.39 is 18.0 Å². The van der Waals surface area contributed by atoms with Crippen LogP contribution < -0.4 is 26.4 Å². The summed E-state index contributed by atoms with van der Waals surface area (Å²) >= 11 is 12.0. The number of pyridine rings is 2. The van der Waals surface area contributed by atoms with Crippen LogP contribution in [0.15, 0.2) is 79.3 Å². The van der Waals surface area contributed by atoms with Gasteiger partial charge in [0, 0.05) is 36.4 Å². The first-order chi connectivity index (χ1) is 20.9. The monoisotopic (exact) mass is 615 g/mol. The van der Waals surface area contributed by atoms with Gasteiger partial charge in [-0.3, -0.25) is 25.4 Å². The van der Waals surface area contributed by atoms with Crippen LogP contribution in [0.4, 0.5) is 15.9 Å². The Bertz CT molecular complexity index is 1710. The number of anilines is 2. The molecule has 2 amide bonds. The van der Waals surface area contributed by atoms with E-state index in [9.17, 15) is 14.0 Å². The van der Waals surface area contributed by atoms with Crippen molar-refractivity contribution in [1.82, 2.24) is 26.0 Å². The minimum atomic E-state index is -0.641. The molecule has 1 unspecified atom stereocenters. The molecule has 218 valence electrons. The van der Waals surface area contributed by atoms with E-state index in [0.717, 1.165) is 22.4 Å². The quantitative estimate of drug-likeness (QED) is 0.186. The van der Waals surface area contributed by atoms with E-state index in [0.29, 0.717) is 31.4 Å². The largest absolute Gasteiger partial charge is 0.350 e. The van der Waals surface area contributed by atoms with Crippen LogP contribution in [0, 0.1) is 5.82 Å². The second-order valence-electron chi connectivity index (χ2n) is 10.2. The zero-order valence-corrected chi connectivity index (χ0v) is 24.4. The summed E-state index contributed by atoms with van der Waals surface area (Å²) in [7, 11) is 0. The molecule has 2 aromatic carbocycles. The number of thiocarbonyl (C=S) groups is 1. The van der Waals surface area contributed by atoms with Gasteiger partial charge in [0.1, 0.15) is 11.9 Å². The molecule has 4 aromatic rings. The summed E-state index contributed by atoms with van der Waals surface area (Å²) in [5.74, 6) is -0.637. The predicted molar refractivity (Wildman–Crippen MR) is 166 cm³/mol. The summed E-state index contributed by atoms with van der Waals surface area (Å²) in [4.78, 5) is 36.0. The van der Waals surface area contributed by atoms with Crippen molar-refractivity contribution in [2.75, 3.05) is 16.9 Å². The number of aromatic nitrogens is 2. The fourth-order valence-electron chi connectivity index (χ4n) is 5.47. The van der Waals surface area contributed by atoms with E-state index in [1.165, 1.54) is 18.3 Å². The van der Waals surface area contributed by atoms with Crippen LogP contribution >= 0.6 is 23.8 Å². The average Bonchev–Trinajstić information content (AvgIpc) is 3.29. The molecule has 0 radical (unpaired) electrons. The van der Waals surface area contributed by atoms with Gasteiger partial charge in [-0.05, 0) is 78.5 Å². The number of carbonyl (C=O) groups is 2. The number of halogens is 2. The number of hydrogen-bond acceptors (Lipinski definition) is 6. The maximum absolute atomic E-state index is 14.7. The van der Waals surface area contributed by atoms with E-state index >= 15 is 0 Å².